The van der Waals surface area contributed by atoms with E-state index in [0.717, 1.165) is 24.7 Å². The van der Waals surface area contributed by atoms with Crippen molar-refractivity contribution in [1.82, 2.24) is 0 Å². The number of rotatable bonds is 6. The van der Waals surface area contributed by atoms with Gasteiger partial charge in [0, 0.05) is 18.9 Å². The molecule has 0 saturated carbocycles. The SMILES string of the molecule is CC[OH+]c1cc(CC[C@H](C)C=O)ccc1O. The van der Waals surface area contributed by atoms with Crippen LogP contribution >= 0.6 is 0 Å². The molecule has 0 heterocycles. The van der Waals surface area contributed by atoms with Crippen LogP contribution in [0.4, 0.5) is 0 Å². The van der Waals surface area contributed by atoms with Crippen LogP contribution in [0, 0.1) is 5.92 Å². The van der Waals surface area contributed by atoms with E-state index in [9.17, 15) is 9.90 Å². The van der Waals surface area contributed by atoms with Gasteiger partial charge in [-0.05, 0) is 24.5 Å². The summed E-state index contributed by atoms with van der Waals surface area (Å²) in [6.45, 7) is 4.49. The van der Waals surface area contributed by atoms with E-state index in [-0.39, 0.29) is 11.7 Å². The van der Waals surface area contributed by atoms with E-state index in [1.54, 1.807) is 6.07 Å². The zero-order valence-electron chi connectivity index (χ0n) is 9.81. The first-order chi connectivity index (χ1) is 7.67. The van der Waals surface area contributed by atoms with Crippen LogP contribution in [0.1, 0.15) is 25.8 Å². The molecular weight excluding hydrogens is 204 g/mol. The molecule has 0 unspecified atom stereocenters. The maximum absolute atomic E-state index is 10.5. The lowest BCUT2D eigenvalue weighted by Crippen LogP contribution is -1.98. The normalized spacial score (nSPS) is 12.1. The Balaban J connectivity index is 2.66. The monoisotopic (exact) mass is 223 g/mol. The first-order valence-corrected chi connectivity index (χ1v) is 5.62. The van der Waals surface area contributed by atoms with Crippen molar-refractivity contribution in [3.63, 3.8) is 0 Å². The van der Waals surface area contributed by atoms with Gasteiger partial charge >= 0.3 is 0 Å². The van der Waals surface area contributed by atoms with Crippen LogP contribution in [0.25, 0.3) is 0 Å². The summed E-state index contributed by atoms with van der Waals surface area (Å²) in [7, 11) is 0. The molecule has 0 saturated heterocycles. The number of benzene rings is 1. The molecule has 0 amide bonds. The summed E-state index contributed by atoms with van der Waals surface area (Å²) in [6.07, 6.45) is 2.64. The summed E-state index contributed by atoms with van der Waals surface area (Å²) < 4.78 is 4.19. The molecule has 3 nitrogen and oxygen atoms in total. The van der Waals surface area contributed by atoms with Gasteiger partial charge in [-0.3, -0.25) is 0 Å². The highest BCUT2D eigenvalue weighted by Gasteiger charge is 2.08. The van der Waals surface area contributed by atoms with E-state index < -0.39 is 0 Å². The fraction of sp³-hybridized carbons (Fsp3) is 0.462. The van der Waals surface area contributed by atoms with Crippen molar-refractivity contribution in [3.05, 3.63) is 23.8 Å². The largest absolute Gasteiger partial charge is 0.580 e. The Labute approximate surface area is 96.1 Å². The number of aliphatic hydroxyl groups is 1. The van der Waals surface area contributed by atoms with Crippen LogP contribution in [0.3, 0.4) is 0 Å². The Kier molecular flexibility index (Phi) is 4.83. The zero-order valence-corrected chi connectivity index (χ0v) is 9.81. The maximum Gasteiger partial charge on any atom is 0.297 e. The summed E-state index contributed by atoms with van der Waals surface area (Å²) in [4.78, 5) is 10.5. The second-order valence-electron chi connectivity index (χ2n) is 3.95. The van der Waals surface area contributed by atoms with Crippen LogP contribution in [0.2, 0.25) is 0 Å². The highest BCUT2D eigenvalue weighted by atomic mass is 16.5. The Morgan fingerprint density at radius 2 is 2.25 bits per heavy atom. The third-order valence-electron chi connectivity index (χ3n) is 2.49. The summed E-state index contributed by atoms with van der Waals surface area (Å²) >= 11 is 0. The number of ether oxygens (including phenoxy) is 1. The maximum atomic E-state index is 10.5. The number of aromatic hydroxyl groups is 2. The smallest absolute Gasteiger partial charge is 0.297 e. The lowest BCUT2D eigenvalue weighted by atomic mass is 10.0. The lowest BCUT2D eigenvalue weighted by Gasteiger charge is -2.07. The third kappa shape index (κ3) is 3.57. The van der Waals surface area contributed by atoms with Crippen molar-refractivity contribution in [2.24, 2.45) is 5.92 Å². The molecule has 0 bridgehead atoms. The van der Waals surface area contributed by atoms with Crippen molar-refractivity contribution in [2.45, 2.75) is 26.7 Å². The van der Waals surface area contributed by atoms with Crippen molar-refractivity contribution < 1.29 is 14.6 Å². The number of aryl methyl sites for hydroxylation is 1. The van der Waals surface area contributed by atoms with E-state index in [1.807, 2.05) is 26.0 Å². The van der Waals surface area contributed by atoms with Crippen LogP contribution in [-0.4, -0.2) is 22.7 Å². The van der Waals surface area contributed by atoms with Crippen molar-refractivity contribution >= 4 is 6.29 Å². The van der Waals surface area contributed by atoms with Crippen LogP contribution < -0.4 is 0 Å². The minimum atomic E-state index is 0.0837. The highest BCUT2D eigenvalue weighted by Crippen LogP contribution is 2.28. The van der Waals surface area contributed by atoms with Gasteiger partial charge in [0.25, 0.3) is 5.75 Å². The van der Waals surface area contributed by atoms with Gasteiger partial charge in [-0.1, -0.05) is 13.0 Å². The number of hydrogen-bond acceptors (Lipinski definition) is 2. The molecule has 2 N–H and O–H groups in total. The first-order valence-electron chi connectivity index (χ1n) is 5.62. The lowest BCUT2D eigenvalue weighted by molar-refractivity contribution is -0.110. The van der Waals surface area contributed by atoms with Crippen molar-refractivity contribution in [2.75, 3.05) is 6.61 Å². The molecule has 0 radical (unpaired) electrons. The van der Waals surface area contributed by atoms with Crippen LogP contribution in [-0.2, 0) is 11.2 Å². The van der Waals surface area contributed by atoms with Gasteiger partial charge in [-0.25, -0.2) is 0 Å². The van der Waals surface area contributed by atoms with Gasteiger partial charge in [0.1, 0.15) is 6.29 Å². The molecule has 0 spiro atoms. The average Bonchev–Trinajstić information content (AvgIpc) is 2.30. The molecule has 88 valence electrons. The topological polar surface area (TPSA) is 50.1 Å². The molecule has 0 aliphatic heterocycles. The van der Waals surface area contributed by atoms with Gasteiger partial charge in [0.05, 0.1) is 0 Å². The molecular formula is C13H19O3+. The Bertz CT molecular complexity index is 347. The minimum Gasteiger partial charge on any atom is -0.580 e. The molecule has 0 aromatic heterocycles. The molecule has 1 rings (SSSR count). The fourth-order valence-electron chi connectivity index (χ4n) is 1.48. The predicted molar refractivity (Wildman–Crippen MR) is 63.9 cm³/mol. The van der Waals surface area contributed by atoms with Crippen molar-refractivity contribution in [3.8, 4) is 11.5 Å². The number of carbonyl (C=O) groups is 1. The first kappa shape index (κ1) is 12.6. The molecule has 1 atom stereocenters. The zero-order chi connectivity index (χ0) is 12.0. The fourth-order valence-corrected chi connectivity index (χ4v) is 1.48. The average molecular weight is 223 g/mol. The molecule has 16 heavy (non-hydrogen) atoms. The summed E-state index contributed by atoms with van der Waals surface area (Å²) in [5.74, 6) is 0.938. The molecule has 0 aliphatic rings. The van der Waals surface area contributed by atoms with E-state index >= 15 is 0 Å². The van der Waals surface area contributed by atoms with Gasteiger partial charge in [0.15, 0.2) is 6.61 Å². The second-order valence-corrected chi connectivity index (χ2v) is 3.95. The van der Waals surface area contributed by atoms with Crippen LogP contribution in [0.15, 0.2) is 18.2 Å². The van der Waals surface area contributed by atoms with Gasteiger partial charge < -0.3 is 14.6 Å². The van der Waals surface area contributed by atoms with Crippen LogP contribution in [0.5, 0.6) is 11.5 Å². The predicted octanol–water partition coefficient (Wildman–Crippen LogP) is 2.42. The van der Waals surface area contributed by atoms with Gasteiger partial charge in [-0.15, -0.1) is 0 Å². The Morgan fingerprint density at radius 3 is 2.88 bits per heavy atom. The van der Waals surface area contributed by atoms with Gasteiger partial charge in [-0.2, -0.15) is 0 Å². The second kappa shape index (κ2) is 6.16. The third-order valence-corrected chi connectivity index (χ3v) is 2.49. The number of carbonyl (C=O) groups excluding carboxylic acids is 1. The number of phenolic OH excluding ortho intramolecular Hbond substituents is 1. The quantitative estimate of drug-likeness (QED) is 0.457. The molecule has 0 aliphatic carbocycles. The number of hydrogen-bond donors (Lipinski definition) is 1. The molecule has 1 aromatic rings. The molecule has 0 fully saturated rings. The molecule has 3 heteroatoms. The standard InChI is InChI=1S/C13H18O3/c1-3-16-13-8-11(6-7-12(13)15)5-4-10(2)9-14/h6-10,15H,3-5H2,1-2H3/p+1/t10-/m0/s1. The van der Waals surface area contributed by atoms with E-state index in [0.29, 0.717) is 12.4 Å². The summed E-state index contributed by atoms with van der Waals surface area (Å²) in [6, 6.07) is 5.42. The summed E-state index contributed by atoms with van der Waals surface area (Å²) in [5.41, 5.74) is 1.11. The van der Waals surface area contributed by atoms with Gasteiger partial charge in [0.2, 0.25) is 5.75 Å². The highest BCUT2D eigenvalue weighted by molar-refractivity contribution is 5.52. The minimum absolute atomic E-state index is 0.0837. The van der Waals surface area contributed by atoms with E-state index in [4.69, 9.17) is 0 Å². The number of phenols is 1. The van der Waals surface area contributed by atoms with E-state index in [1.165, 1.54) is 0 Å². The van der Waals surface area contributed by atoms with E-state index in [2.05, 4.69) is 4.74 Å². The Hall–Kier alpha value is -1.51. The molecule has 1 aromatic carbocycles. The summed E-state index contributed by atoms with van der Waals surface area (Å²) in [5, 5.41) is 9.54. The number of aldehydes is 1. The Morgan fingerprint density at radius 1 is 1.50 bits per heavy atom. The van der Waals surface area contributed by atoms with Crippen molar-refractivity contribution in [1.29, 1.82) is 0 Å².